The molecule has 1 aromatic carbocycles. The van der Waals surface area contributed by atoms with Gasteiger partial charge in [0.1, 0.15) is 5.69 Å². The van der Waals surface area contributed by atoms with Crippen molar-refractivity contribution in [3.8, 4) is 11.3 Å². The molecule has 0 radical (unpaired) electrons. The van der Waals surface area contributed by atoms with Crippen LogP contribution < -0.4 is 15.5 Å². The Morgan fingerprint density at radius 3 is 2.63 bits per heavy atom. The molecule has 12 heteroatoms. The molecule has 5 rings (SSSR count). The standard InChI is InChI=1S/C18H15F2N5O4S/c1-7-14-18(15(26)21-17(28)22-16(18)27)5-8-4-9(10-6-30-24-23-10)11(19)12(20)13(8)25(14)2-3-29-7/h4,6-7,14H,2-3,5H2,1H3,(H2,21,22,26,27,28)/t7-,14?/m0/s1. The SMILES string of the molecule is C[C@@H]1OCCN2c3c(cc(-c4csnn4)c(F)c3F)CC3(C(=O)NC(=O)NC3=O)C12. The van der Waals surface area contributed by atoms with Crippen LogP contribution in [-0.4, -0.2) is 52.7 Å². The molecule has 2 fully saturated rings. The van der Waals surface area contributed by atoms with Crippen LogP contribution in [0.15, 0.2) is 11.4 Å². The fourth-order valence-corrected chi connectivity index (χ4v) is 5.17. The first kappa shape index (κ1) is 19.0. The van der Waals surface area contributed by atoms with E-state index in [-0.39, 0.29) is 42.1 Å². The van der Waals surface area contributed by atoms with Gasteiger partial charge in [-0.2, -0.15) is 0 Å². The molecule has 0 aliphatic carbocycles. The van der Waals surface area contributed by atoms with Crippen LogP contribution in [0.5, 0.6) is 0 Å². The van der Waals surface area contributed by atoms with E-state index in [1.54, 1.807) is 6.92 Å². The van der Waals surface area contributed by atoms with Crippen molar-refractivity contribution in [3.05, 3.63) is 28.6 Å². The molecule has 0 saturated carbocycles. The summed E-state index contributed by atoms with van der Waals surface area (Å²) in [5.74, 6) is -3.76. The van der Waals surface area contributed by atoms with Gasteiger partial charge < -0.3 is 9.64 Å². The Labute approximate surface area is 172 Å². The zero-order valence-electron chi connectivity index (χ0n) is 15.6. The summed E-state index contributed by atoms with van der Waals surface area (Å²) in [5, 5.41) is 9.56. The second-order valence-corrected chi connectivity index (χ2v) is 8.06. The fraction of sp³-hybridized carbons (Fsp3) is 0.389. The summed E-state index contributed by atoms with van der Waals surface area (Å²) in [7, 11) is 0. The van der Waals surface area contributed by atoms with Gasteiger partial charge in [-0.05, 0) is 30.1 Å². The van der Waals surface area contributed by atoms with Gasteiger partial charge in [-0.15, -0.1) is 5.10 Å². The fourth-order valence-electron chi connectivity index (χ4n) is 4.72. The lowest BCUT2D eigenvalue weighted by Gasteiger charge is -2.54. The minimum Gasteiger partial charge on any atom is -0.374 e. The summed E-state index contributed by atoms with van der Waals surface area (Å²) >= 11 is 0.985. The summed E-state index contributed by atoms with van der Waals surface area (Å²) in [6.07, 6.45) is -0.884. The Morgan fingerprint density at radius 1 is 1.23 bits per heavy atom. The summed E-state index contributed by atoms with van der Waals surface area (Å²) in [6.45, 7) is 2.00. The number of rotatable bonds is 1. The van der Waals surface area contributed by atoms with Gasteiger partial charge in [-0.25, -0.2) is 13.6 Å². The molecule has 1 unspecified atom stereocenters. The van der Waals surface area contributed by atoms with Gasteiger partial charge in [0.15, 0.2) is 17.0 Å². The predicted molar refractivity (Wildman–Crippen MR) is 99.6 cm³/mol. The maximum atomic E-state index is 15.3. The van der Waals surface area contributed by atoms with Crippen LogP contribution in [0.4, 0.5) is 19.3 Å². The van der Waals surface area contributed by atoms with Crippen molar-refractivity contribution in [1.29, 1.82) is 0 Å². The number of benzene rings is 1. The molecule has 4 heterocycles. The average Bonchev–Trinajstić information content (AvgIpc) is 3.23. The third-order valence-corrected chi connectivity index (χ3v) is 6.42. The van der Waals surface area contributed by atoms with Crippen LogP contribution in [0, 0.1) is 17.0 Å². The van der Waals surface area contributed by atoms with Crippen LogP contribution >= 0.6 is 11.5 Å². The van der Waals surface area contributed by atoms with Crippen molar-refractivity contribution in [3.63, 3.8) is 0 Å². The highest BCUT2D eigenvalue weighted by Gasteiger charge is 2.62. The third kappa shape index (κ3) is 2.43. The van der Waals surface area contributed by atoms with Crippen LogP contribution in [0.1, 0.15) is 12.5 Å². The van der Waals surface area contributed by atoms with E-state index in [1.165, 1.54) is 16.3 Å². The largest absolute Gasteiger partial charge is 0.374 e. The average molecular weight is 435 g/mol. The zero-order chi connectivity index (χ0) is 21.2. The van der Waals surface area contributed by atoms with Gasteiger partial charge >= 0.3 is 6.03 Å². The minimum atomic E-state index is -1.75. The number of halogens is 2. The lowest BCUT2D eigenvalue weighted by Crippen LogP contribution is -2.74. The monoisotopic (exact) mass is 435 g/mol. The number of fused-ring (bicyclic) bond motifs is 4. The Bertz CT molecular complexity index is 1070. The number of hydrogen-bond donors (Lipinski definition) is 2. The van der Waals surface area contributed by atoms with Crippen molar-refractivity contribution in [2.24, 2.45) is 5.41 Å². The third-order valence-electron chi connectivity index (χ3n) is 5.92. The number of aromatic nitrogens is 2. The molecular formula is C18H15F2N5O4S. The van der Waals surface area contributed by atoms with E-state index in [2.05, 4.69) is 20.2 Å². The number of imide groups is 2. The van der Waals surface area contributed by atoms with Crippen molar-refractivity contribution >= 4 is 35.1 Å². The number of nitrogens with zero attached hydrogens (tertiary/aromatic N) is 3. The van der Waals surface area contributed by atoms with E-state index < -0.39 is 47.0 Å². The number of nitrogens with one attached hydrogen (secondary N) is 2. The Morgan fingerprint density at radius 2 is 1.97 bits per heavy atom. The smallest absolute Gasteiger partial charge is 0.328 e. The minimum absolute atomic E-state index is 0.0114. The molecule has 1 aromatic heterocycles. The van der Waals surface area contributed by atoms with E-state index in [0.717, 1.165) is 11.5 Å². The summed E-state index contributed by atoms with van der Waals surface area (Å²) in [5.41, 5.74) is -1.45. The second-order valence-electron chi connectivity index (χ2n) is 7.45. The van der Waals surface area contributed by atoms with E-state index >= 15 is 4.39 Å². The highest BCUT2D eigenvalue weighted by molar-refractivity contribution is 7.03. The molecule has 30 heavy (non-hydrogen) atoms. The number of urea groups is 1. The molecular weight excluding hydrogens is 420 g/mol. The molecule has 156 valence electrons. The maximum Gasteiger partial charge on any atom is 0.328 e. The molecule has 4 amide bonds. The highest BCUT2D eigenvalue weighted by atomic mass is 32.1. The zero-order valence-corrected chi connectivity index (χ0v) is 16.4. The van der Waals surface area contributed by atoms with Gasteiger partial charge in [-0.3, -0.25) is 20.2 Å². The van der Waals surface area contributed by atoms with Gasteiger partial charge in [0, 0.05) is 23.9 Å². The molecule has 9 nitrogen and oxygen atoms in total. The van der Waals surface area contributed by atoms with Gasteiger partial charge in [0.05, 0.1) is 24.4 Å². The lowest BCUT2D eigenvalue weighted by atomic mass is 9.66. The predicted octanol–water partition coefficient (Wildman–Crippen LogP) is 0.985. The molecule has 2 N–H and O–H groups in total. The first-order valence-electron chi connectivity index (χ1n) is 9.18. The molecule has 3 aliphatic rings. The summed E-state index contributed by atoms with van der Waals surface area (Å²) in [6, 6.07) is -0.455. The second kappa shape index (κ2) is 6.51. The normalized spacial score (nSPS) is 24.9. The van der Waals surface area contributed by atoms with Gasteiger partial charge in [-0.1, -0.05) is 4.49 Å². The van der Waals surface area contributed by atoms with E-state index in [4.69, 9.17) is 4.74 Å². The topological polar surface area (TPSA) is 114 Å². The first-order valence-corrected chi connectivity index (χ1v) is 10.0. The van der Waals surface area contributed by atoms with Crippen LogP contribution in [0.3, 0.4) is 0 Å². The molecule has 2 saturated heterocycles. The summed E-state index contributed by atoms with van der Waals surface area (Å²) < 4.78 is 39.6. The first-order chi connectivity index (χ1) is 14.3. The Kier molecular flexibility index (Phi) is 4.12. The van der Waals surface area contributed by atoms with Gasteiger partial charge in [0.2, 0.25) is 11.8 Å². The number of amides is 4. The number of ether oxygens (including phenoxy) is 1. The number of carbonyl (C=O) groups excluding carboxylic acids is 3. The molecule has 3 aliphatic heterocycles. The lowest BCUT2D eigenvalue weighted by molar-refractivity contribution is -0.151. The Hall–Kier alpha value is -2.99. The molecule has 0 bridgehead atoms. The van der Waals surface area contributed by atoms with E-state index in [9.17, 15) is 18.8 Å². The number of morpholine rings is 1. The number of barbiturate groups is 1. The van der Waals surface area contributed by atoms with Crippen LogP contribution in [0.25, 0.3) is 11.3 Å². The van der Waals surface area contributed by atoms with Crippen molar-refractivity contribution in [2.45, 2.75) is 25.5 Å². The van der Waals surface area contributed by atoms with Gasteiger partial charge in [0.25, 0.3) is 0 Å². The quantitative estimate of drug-likeness (QED) is 0.642. The molecule has 2 atom stereocenters. The number of anilines is 1. The van der Waals surface area contributed by atoms with Crippen molar-refractivity contribution in [1.82, 2.24) is 20.2 Å². The maximum absolute atomic E-state index is 15.3. The highest BCUT2D eigenvalue weighted by Crippen LogP contribution is 2.48. The molecule has 1 spiro atoms. The van der Waals surface area contributed by atoms with Crippen LogP contribution in [-0.2, 0) is 20.7 Å². The Balaban J connectivity index is 1.75. The van der Waals surface area contributed by atoms with Crippen molar-refractivity contribution < 1.29 is 27.9 Å². The van der Waals surface area contributed by atoms with Crippen LogP contribution in [0.2, 0.25) is 0 Å². The number of hydrogen-bond acceptors (Lipinski definition) is 8. The van der Waals surface area contributed by atoms with E-state index in [0.29, 0.717) is 0 Å². The van der Waals surface area contributed by atoms with Crippen molar-refractivity contribution in [2.75, 3.05) is 18.1 Å². The molecule has 2 aromatic rings. The number of carbonyl (C=O) groups is 3. The van der Waals surface area contributed by atoms with E-state index in [1.807, 2.05) is 0 Å². The summed E-state index contributed by atoms with van der Waals surface area (Å²) in [4.78, 5) is 39.2.